The number of aliphatic hydroxyl groups excluding tert-OH is 2. The lowest BCUT2D eigenvalue weighted by molar-refractivity contribution is -0.183. The van der Waals surface area contributed by atoms with E-state index in [0.717, 1.165) is 31.6 Å². The van der Waals surface area contributed by atoms with Crippen molar-refractivity contribution in [1.82, 2.24) is 20.2 Å². The van der Waals surface area contributed by atoms with Crippen LogP contribution in [0.3, 0.4) is 0 Å². The van der Waals surface area contributed by atoms with Crippen molar-refractivity contribution in [1.29, 1.82) is 0 Å². The monoisotopic (exact) mass is 696 g/mol. The van der Waals surface area contributed by atoms with E-state index in [-0.39, 0.29) is 24.6 Å². The number of benzene rings is 3. The second-order valence-electron chi connectivity index (χ2n) is 16.6. The van der Waals surface area contributed by atoms with E-state index in [4.69, 9.17) is 4.84 Å². The Bertz CT molecular complexity index is 1610. The van der Waals surface area contributed by atoms with Crippen LogP contribution in [0.5, 0.6) is 0 Å². The fourth-order valence-corrected chi connectivity index (χ4v) is 9.50. The van der Waals surface area contributed by atoms with Gasteiger partial charge in [-0.05, 0) is 86.2 Å². The zero-order valence-corrected chi connectivity index (χ0v) is 31.7. The van der Waals surface area contributed by atoms with Crippen molar-refractivity contribution in [3.8, 4) is 0 Å². The summed E-state index contributed by atoms with van der Waals surface area (Å²) in [4.78, 5) is 25.3. The molecule has 3 aromatic rings. The van der Waals surface area contributed by atoms with Gasteiger partial charge in [0.15, 0.2) is 0 Å². The number of fused-ring (bicyclic) bond motifs is 2. The van der Waals surface area contributed by atoms with Crippen molar-refractivity contribution < 1.29 is 19.8 Å². The standard InChI is InChI=1S/C43H60N4O4/c1-28-13-11-14-31(19-28)23-46(38(26-45(6)7)34-17-9-8-10-18-34)24-32-15-12-16-33(20-32)25-47-41(40(30(3)49)39(27-48)51-47)42(50)44-37-22-35-21-36(29(37)2)43(35,4)5/h8-20,29-30,35-41,48-49H,21-27H2,1-7H3,(H,44,50)/t29-,30-,35+,36-,37-,38+,39-,40+,41-/m0/s1. The summed E-state index contributed by atoms with van der Waals surface area (Å²) in [6.07, 6.45) is 0.725. The van der Waals surface area contributed by atoms with Gasteiger partial charge >= 0.3 is 0 Å². The van der Waals surface area contributed by atoms with E-state index in [1.807, 2.05) is 0 Å². The molecule has 51 heavy (non-hydrogen) atoms. The third kappa shape index (κ3) is 8.27. The summed E-state index contributed by atoms with van der Waals surface area (Å²) in [6, 6.07) is 27.6. The van der Waals surface area contributed by atoms with E-state index in [1.54, 1.807) is 12.0 Å². The number of hydrogen-bond donors (Lipinski definition) is 3. The zero-order valence-electron chi connectivity index (χ0n) is 31.7. The molecule has 8 heteroatoms. The fourth-order valence-electron chi connectivity index (χ4n) is 9.50. The number of carbonyl (C=O) groups excluding carboxylic acids is 1. The van der Waals surface area contributed by atoms with Crippen LogP contribution in [0.15, 0.2) is 78.9 Å². The molecule has 4 fully saturated rings. The molecule has 276 valence electrons. The summed E-state index contributed by atoms with van der Waals surface area (Å²) in [6.45, 7) is 13.3. The molecule has 1 aliphatic heterocycles. The molecular weight excluding hydrogens is 636 g/mol. The average Bonchev–Trinajstić information content (AvgIpc) is 3.46. The van der Waals surface area contributed by atoms with E-state index in [1.165, 1.54) is 28.7 Å². The second-order valence-corrected chi connectivity index (χ2v) is 16.6. The Morgan fingerprint density at radius 2 is 1.65 bits per heavy atom. The summed E-state index contributed by atoms with van der Waals surface area (Å²) in [5, 5.41) is 26.3. The molecule has 1 heterocycles. The third-order valence-electron chi connectivity index (χ3n) is 12.4. The molecule has 0 spiro atoms. The maximum Gasteiger partial charge on any atom is 0.240 e. The van der Waals surface area contributed by atoms with Gasteiger partial charge < -0.3 is 20.4 Å². The molecule has 3 aromatic carbocycles. The lowest BCUT2D eigenvalue weighted by atomic mass is 9.45. The zero-order chi connectivity index (χ0) is 36.4. The molecule has 4 aliphatic rings. The molecule has 9 atom stereocenters. The first-order valence-corrected chi connectivity index (χ1v) is 19.0. The van der Waals surface area contributed by atoms with Gasteiger partial charge in [0.2, 0.25) is 5.91 Å². The molecule has 2 bridgehead atoms. The predicted molar refractivity (Wildman–Crippen MR) is 202 cm³/mol. The second kappa shape index (κ2) is 15.9. The number of hydroxylamine groups is 2. The highest BCUT2D eigenvalue weighted by Gasteiger charge is 2.57. The SMILES string of the molecule is Cc1cccc(CN(Cc2cccc(CN3O[C@@H](CO)[C@@H]([C@H](C)O)[C@H]3C(=O)N[C@H]3C[C@H]4C[C@@H]([C@@H]3C)C4(C)C)c2)[C@H](CN(C)C)c2ccccc2)c1. The van der Waals surface area contributed by atoms with Crippen LogP contribution in [0.1, 0.15) is 74.4 Å². The summed E-state index contributed by atoms with van der Waals surface area (Å²) < 4.78 is 0. The minimum atomic E-state index is -0.827. The largest absolute Gasteiger partial charge is 0.394 e. The van der Waals surface area contributed by atoms with Gasteiger partial charge in [-0.3, -0.25) is 14.5 Å². The number of aliphatic hydroxyl groups is 2. The Kier molecular flexibility index (Phi) is 11.7. The van der Waals surface area contributed by atoms with Gasteiger partial charge in [0.1, 0.15) is 12.1 Å². The minimum Gasteiger partial charge on any atom is -0.394 e. The first-order valence-electron chi connectivity index (χ1n) is 19.0. The normalized spacial score (nSPS) is 28.4. The van der Waals surface area contributed by atoms with Gasteiger partial charge in [0.25, 0.3) is 0 Å². The van der Waals surface area contributed by atoms with Crippen LogP contribution in [-0.2, 0) is 29.3 Å². The first-order chi connectivity index (χ1) is 24.3. The van der Waals surface area contributed by atoms with Gasteiger partial charge in [0, 0.05) is 37.6 Å². The number of nitrogens with one attached hydrogen (secondary N) is 1. The highest BCUT2D eigenvalue weighted by atomic mass is 16.7. The molecule has 3 aliphatic carbocycles. The van der Waals surface area contributed by atoms with Crippen molar-refractivity contribution in [2.75, 3.05) is 27.2 Å². The Morgan fingerprint density at radius 3 is 2.25 bits per heavy atom. The number of hydrogen-bond acceptors (Lipinski definition) is 7. The summed E-state index contributed by atoms with van der Waals surface area (Å²) in [7, 11) is 4.26. The van der Waals surface area contributed by atoms with E-state index in [2.05, 4.69) is 136 Å². The lowest BCUT2D eigenvalue weighted by Crippen LogP contribution is -2.62. The molecule has 0 unspecified atom stereocenters. The smallest absolute Gasteiger partial charge is 0.240 e. The van der Waals surface area contributed by atoms with Gasteiger partial charge in [-0.1, -0.05) is 105 Å². The van der Waals surface area contributed by atoms with Crippen molar-refractivity contribution in [2.24, 2.45) is 29.1 Å². The van der Waals surface area contributed by atoms with Crippen LogP contribution in [0.25, 0.3) is 0 Å². The summed E-state index contributed by atoms with van der Waals surface area (Å²) in [5.41, 5.74) is 6.31. The topological polar surface area (TPSA) is 88.5 Å². The third-order valence-corrected chi connectivity index (χ3v) is 12.4. The van der Waals surface area contributed by atoms with Crippen molar-refractivity contribution >= 4 is 5.91 Å². The quantitative estimate of drug-likeness (QED) is 0.192. The van der Waals surface area contributed by atoms with Crippen molar-refractivity contribution in [3.05, 3.63) is 107 Å². The fraction of sp³-hybridized carbons (Fsp3) is 0.558. The maximum absolute atomic E-state index is 14.2. The average molecular weight is 697 g/mol. The molecule has 1 amide bonds. The van der Waals surface area contributed by atoms with Crippen molar-refractivity contribution in [3.63, 3.8) is 0 Å². The minimum absolute atomic E-state index is 0.0985. The number of carbonyl (C=O) groups is 1. The number of amides is 1. The summed E-state index contributed by atoms with van der Waals surface area (Å²) >= 11 is 0. The molecule has 1 saturated heterocycles. The Labute approximate surface area is 305 Å². The van der Waals surface area contributed by atoms with E-state index < -0.39 is 24.2 Å². The van der Waals surface area contributed by atoms with Crippen LogP contribution >= 0.6 is 0 Å². The summed E-state index contributed by atoms with van der Waals surface area (Å²) in [5.74, 6) is 0.927. The Hall–Kier alpha value is -3.11. The Morgan fingerprint density at radius 1 is 0.980 bits per heavy atom. The van der Waals surface area contributed by atoms with E-state index in [9.17, 15) is 15.0 Å². The highest BCUT2D eigenvalue weighted by molar-refractivity contribution is 5.82. The molecule has 8 nitrogen and oxygen atoms in total. The van der Waals surface area contributed by atoms with Crippen LogP contribution in [0.2, 0.25) is 0 Å². The number of likely N-dealkylation sites (N-methyl/N-ethyl adjacent to an activating group) is 1. The van der Waals surface area contributed by atoms with Gasteiger partial charge in [-0.15, -0.1) is 0 Å². The number of aryl methyl sites for hydroxylation is 1. The molecule has 0 aromatic heterocycles. The highest BCUT2D eigenvalue weighted by Crippen LogP contribution is 2.61. The predicted octanol–water partition coefficient (Wildman–Crippen LogP) is 5.96. The lowest BCUT2D eigenvalue weighted by Gasteiger charge is -2.62. The molecule has 3 N–H and O–H groups in total. The number of rotatable bonds is 14. The Balaban J connectivity index is 1.24. The van der Waals surface area contributed by atoms with Gasteiger partial charge in [0.05, 0.1) is 19.3 Å². The van der Waals surface area contributed by atoms with Crippen LogP contribution in [0, 0.1) is 36.0 Å². The maximum atomic E-state index is 14.2. The first kappa shape index (κ1) is 37.6. The number of nitrogens with zero attached hydrogens (tertiary/aromatic N) is 3. The molecule has 7 rings (SSSR count). The van der Waals surface area contributed by atoms with Gasteiger partial charge in [-0.25, -0.2) is 0 Å². The molecule has 0 radical (unpaired) electrons. The van der Waals surface area contributed by atoms with E-state index >= 15 is 0 Å². The van der Waals surface area contributed by atoms with E-state index in [0.29, 0.717) is 29.7 Å². The van der Waals surface area contributed by atoms with Crippen molar-refractivity contribution in [2.45, 2.75) is 97.4 Å². The van der Waals surface area contributed by atoms with Crippen LogP contribution in [-0.4, -0.2) is 82.5 Å². The molecule has 3 saturated carbocycles. The molecular formula is C43H60N4O4. The van der Waals surface area contributed by atoms with Crippen LogP contribution < -0.4 is 5.32 Å². The van der Waals surface area contributed by atoms with Gasteiger partial charge in [-0.2, -0.15) is 5.06 Å². The van der Waals surface area contributed by atoms with Crippen LogP contribution in [0.4, 0.5) is 0 Å².